The van der Waals surface area contributed by atoms with Crippen molar-refractivity contribution < 1.29 is 9.59 Å². The Morgan fingerprint density at radius 2 is 1.90 bits per heavy atom. The van der Waals surface area contributed by atoms with Crippen molar-refractivity contribution in [1.82, 2.24) is 9.88 Å². The van der Waals surface area contributed by atoms with Crippen LogP contribution in [0.2, 0.25) is 0 Å². The third-order valence-electron chi connectivity index (χ3n) is 5.19. The number of fused-ring (bicyclic) bond motifs is 1. The van der Waals surface area contributed by atoms with Crippen LogP contribution >= 0.6 is 0 Å². The molecule has 0 atom stereocenters. The standard InChI is InChI=1S/C23H24N4O2/c1-16(2)17-5-8-20(9-6-17)27-13-12-26(23(27)29)15-22(28)25-19-7-10-21-18(14-19)4-3-11-24-21/h3-11,14,16H,12-13,15H2,1-2H3,(H,25,28). The predicted molar refractivity (Wildman–Crippen MR) is 115 cm³/mol. The van der Waals surface area contributed by atoms with E-state index in [0.717, 1.165) is 16.6 Å². The molecule has 1 N–H and O–H groups in total. The summed E-state index contributed by atoms with van der Waals surface area (Å²) in [4.78, 5) is 32.8. The molecule has 0 saturated carbocycles. The van der Waals surface area contributed by atoms with E-state index in [1.807, 2.05) is 42.5 Å². The minimum atomic E-state index is -0.210. The molecule has 148 valence electrons. The molecule has 2 heterocycles. The highest BCUT2D eigenvalue weighted by Crippen LogP contribution is 2.23. The lowest BCUT2D eigenvalue weighted by molar-refractivity contribution is -0.116. The zero-order valence-electron chi connectivity index (χ0n) is 16.6. The number of nitrogens with one attached hydrogen (secondary N) is 1. The lowest BCUT2D eigenvalue weighted by Crippen LogP contribution is -2.37. The van der Waals surface area contributed by atoms with Crippen LogP contribution in [0.4, 0.5) is 16.2 Å². The number of pyridine rings is 1. The summed E-state index contributed by atoms with van der Waals surface area (Å²) < 4.78 is 0. The maximum atomic E-state index is 12.8. The van der Waals surface area contributed by atoms with Crippen molar-refractivity contribution in [2.24, 2.45) is 0 Å². The third kappa shape index (κ3) is 4.06. The molecule has 2 aromatic carbocycles. The van der Waals surface area contributed by atoms with E-state index in [0.29, 0.717) is 24.7 Å². The number of carbonyl (C=O) groups is 2. The van der Waals surface area contributed by atoms with Crippen LogP contribution in [0.1, 0.15) is 25.3 Å². The first-order chi connectivity index (χ1) is 14.0. The Morgan fingerprint density at radius 3 is 2.66 bits per heavy atom. The SMILES string of the molecule is CC(C)c1ccc(N2CCN(CC(=O)Nc3ccc4ncccc4c3)C2=O)cc1. The van der Waals surface area contributed by atoms with Crippen LogP contribution in [0.15, 0.2) is 60.8 Å². The fourth-order valence-corrected chi connectivity index (χ4v) is 3.54. The highest BCUT2D eigenvalue weighted by atomic mass is 16.2. The molecule has 0 radical (unpaired) electrons. The van der Waals surface area contributed by atoms with Gasteiger partial charge in [-0.2, -0.15) is 0 Å². The summed E-state index contributed by atoms with van der Waals surface area (Å²) in [6, 6.07) is 17.3. The van der Waals surface area contributed by atoms with Gasteiger partial charge in [0.25, 0.3) is 0 Å². The molecular formula is C23H24N4O2. The maximum Gasteiger partial charge on any atom is 0.325 e. The number of hydrogen-bond acceptors (Lipinski definition) is 3. The van der Waals surface area contributed by atoms with Crippen molar-refractivity contribution >= 4 is 34.2 Å². The number of carbonyl (C=O) groups excluding carboxylic acids is 2. The summed E-state index contributed by atoms with van der Waals surface area (Å²) in [5.74, 6) is 0.239. The molecule has 3 amide bonds. The van der Waals surface area contributed by atoms with Gasteiger partial charge in [0.15, 0.2) is 0 Å². The van der Waals surface area contributed by atoms with Crippen molar-refractivity contribution in [3.05, 3.63) is 66.4 Å². The number of rotatable bonds is 5. The van der Waals surface area contributed by atoms with Crippen LogP contribution < -0.4 is 10.2 Å². The molecule has 6 nitrogen and oxygen atoms in total. The zero-order chi connectivity index (χ0) is 20.4. The lowest BCUT2D eigenvalue weighted by Gasteiger charge is -2.19. The van der Waals surface area contributed by atoms with E-state index in [4.69, 9.17) is 0 Å². The Hall–Kier alpha value is -3.41. The van der Waals surface area contributed by atoms with Gasteiger partial charge in [-0.15, -0.1) is 0 Å². The van der Waals surface area contributed by atoms with Crippen LogP contribution in [-0.4, -0.2) is 41.5 Å². The second-order valence-corrected chi connectivity index (χ2v) is 7.56. The molecule has 4 rings (SSSR count). The smallest absolute Gasteiger partial charge is 0.325 e. The highest BCUT2D eigenvalue weighted by molar-refractivity contribution is 6.00. The van der Waals surface area contributed by atoms with Crippen LogP contribution in [0.25, 0.3) is 10.9 Å². The fourth-order valence-electron chi connectivity index (χ4n) is 3.54. The van der Waals surface area contributed by atoms with Crippen molar-refractivity contribution in [2.45, 2.75) is 19.8 Å². The normalized spacial score (nSPS) is 14.1. The van der Waals surface area contributed by atoms with E-state index < -0.39 is 0 Å². The Balaban J connectivity index is 1.39. The Labute approximate surface area is 170 Å². The van der Waals surface area contributed by atoms with Gasteiger partial charge in [-0.25, -0.2) is 4.79 Å². The van der Waals surface area contributed by atoms with E-state index in [1.165, 1.54) is 5.56 Å². The molecule has 6 heteroatoms. The van der Waals surface area contributed by atoms with E-state index in [1.54, 1.807) is 16.0 Å². The molecule has 1 aliphatic heterocycles. The Bertz CT molecular complexity index is 1050. The summed E-state index contributed by atoms with van der Waals surface area (Å²) >= 11 is 0. The van der Waals surface area contributed by atoms with Gasteiger partial charge in [-0.05, 0) is 47.9 Å². The molecule has 29 heavy (non-hydrogen) atoms. The molecular weight excluding hydrogens is 364 g/mol. The number of urea groups is 1. The molecule has 0 unspecified atom stereocenters. The molecule has 0 bridgehead atoms. The molecule has 3 aromatic rings. The summed E-state index contributed by atoms with van der Waals surface area (Å²) in [6.45, 7) is 5.42. The van der Waals surface area contributed by atoms with Gasteiger partial charge in [0, 0.05) is 36.0 Å². The van der Waals surface area contributed by atoms with E-state index >= 15 is 0 Å². The molecule has 1 fully saturated rings. The van der Waals surface area contributed by atoms with E-state index in [2.05, 4.69) is 36.3 Å². The van der Waals surface area contributed by atoms with Gasteiger partial charge in [-0.3, -0.25) is 14.7 Å². The fraction of sp³-hybridized carbons (Fsp3) is 0.261. The van der Waals surface area contributed by atoms with Gasteiger partial charge >= 0.3 is 6.03 Å². The van der Waals surface area contributed by atoms with Crippen LogP contribution in [0, 0.1) is 0 Å². The molecule has 1 aromatic heterocycles. The van der Waals surface area contributed by atoms with Crippen molar-refractivity contribution in [1.29, 1.82) is 0 Å². The lowest BCUT2D eigenvalue weighted by atomic mass is 10.0. The van der Waals surface area contributed by atoms with Gasteiger partial charge in [0.05, 0.1) is 5.52 Å². The number of benzene rings is 2. The largest absolute Gasteiger partial charge is 0.325 e. The first kappa shape index (κ1) is 18.9. The molecule has 0 spiro atoms. The molecule has 0 aliphatic carbocycles. The summed E-state index contributed by atoms with van der Waals surface area (Å²) in [6.07, 6.45) is 1.74. The quantitative estimate of drug-likeness (QED) is 0.711. The molecule has 1 aliphatic rings. The van der Waals surface area contributed by atoms with Gasteiger partial charge in [0.1, 0.15) is 6.54 Å². The van der Waals surface area contributed by atoms with Gasteiger partial charge in [-0.1, -0.05) is 32.0 Å². The second-order valence-electron chi connectivity index (χ2n) is 7.56. The van der Waals surface area contributed by atoms with E-state index in [-0.39, 0.29) is 18.5 Å². The Kier molecular flexibility index (Phi) is 5.16. The minimum absolute atomic E-state index is 0.0322. The van der Waals surface area contributed by atoms with Crippen molar-refractivity contribution in [2.75, 3.05) is 29.9 Å². The minimum Gasteiger partial charge on any atom is -0.325 e. The zero-order valence-corrected chi connectivity index (χ0v) is 16.6. The summed E-state index contributed by atoms with van der Waals surface area (Å²) in [5.41, 5.74) is 3.68. The number of amides is 3. The molecule has 1 saturated heterocycles. The number of anilines is 2. The van der Waals surface area contributed by atoms with Crippen molar-refractivity contribution in [3.63, 3.8) is 0 Å². The predicted octanol–water partition coefficient (Wildman–Crippen LogP) is 4.24. The maximum absolute atomic E-state index is 12.8. The topological polar surface area (TPSA) is 65.5 Å². The van der Waals surface area contributed by atoms with Crippen molar-refractivity contribution in [3.8, 4) is 0 Å². The van der Waals surface area contributed by atoms with Crippen LogP contribution in [0.5, 0.6) is 0 Å². The van der Waals surface area contributed by atoms with Gasteiger partial charge < -0.3 is 10.2 Å². The number of hydrogen-bond donors (Lipinski definition) is 1. The summed E-state index contributed by atoms with van der Waals surface area (Å²) in [7, 11) is 0. The van der Waals surface area contributed by atoms with Crippen LogP contribution in [0.3, 0.4) is 0 Å². The van der Waals surface area contributed by atoms with E-state index in [9.17, 15) is 9.59 Å². The Morgan fingerprint density at radius 1 is 1.10 bits per heavy atom. The monoisotopic (exact) mass is 388 g/mol. The highest BCUT2D eigenvalue weighted by Gasteiger charge is 2.30. The third-order valence-corrected chi connectivity index (χ3v) is 5.19. The number of nitrogens with zero attached hydrogens (tertiary/aromatic N) is 3. The summed E-state index contributed by atoms with van der Waals surface area (Å²) in [5, 5.41) is 3.83. The first-order valence-corrected chi connectivity index (χ1v) is 9.82. The average molecular weight is 388 g/mol. The first-order valence-electron chi connectivity index (χ1n) is 9.82. The average Bonchev–Trinajstić information content (AvgIpc) is 3.08. The number of aromatic nitrogens is 1. The van der Waals surface area contributed by atoms with Gasteiger partial charge in [0.2, 0.25) is 5.91 Å². The van der Waals surface area contributed by atoms with Crippen LogP contribution in [-0.2, 0) is 4.79 Å². The second kappa shape index (κ2) is 7.91.